The van der Waals surface area contributed by atoms with E-state index in [2.05, 4.69) is 53.9 Å². The molecule has 0 fully saturated rings. The second-order valence-corrected chi connectivity index (χ2v) is 5.81. The van der Waals surface area contributed by atoms with E-state index >= 15 is 0 Å². The molecular weight excluding hydrogens is 367 g/mol. The van der Waals surface area contributed by atoms with Gasteiger partial charge in [0, 0.05) is 27.4 Å². The minimum absolute atomic E-state index is 0.114. The van der Waals surface area contributed by atoms with Crippen molar-refractivity contribution in [2.24, 2.45) is 0 Å². The lowest BCUT2D eigenvalue weighted by atomic mass is 10.0. The van der Waals surface area contributed by atoms with Crippen LogP contribution in [0.2, 0.25) is 0 Å². The van der Waals surface area contributed by atoms with Crippen LogP contribution in [0.15, 0.2) is 42.5 Å². The van der Waals surface area contributed by atoms with Gasteiger partial charge in [0.25, 0.3) is 5.69 Å². The van der Waals surface area contributed by atoms with Gasteiger partial charge in [0.05, 0.1) is 4.92 Å². The Morgan fingerprint density at radius 3 is 2.55 bits per heavy atom. The minimum atomic E-state index is -0.378. The van der Waals surface area contributed by atoms with Crippen LogP contribution in [0, 0.1) is 20.6 Å². The summed E-state index contributed by atoms with van der Waals surface area (Å²) in [5.41, 5.74) is 3.47. The number of anilines is 1. The molecule has 0 aliphatic carbocycles. The zero-order valence-corrected chi connectivity index (χ0v) is 13.4. The molecule has 0 heterocycles. The number of halogens is 1. The quantitative estimate of drug-likeness (QED) is 0.475. The molecule has 0 radical (unpaired) electrons. The lowest BCUT2D eigenvalue weighted by Gasteiger charge is -2.18. The molecule has 0 aliphatic rings. The van der Waals surface area contributed by atoms with Crippen molar-refractivity contribution < 1.29 is 4.92 Å². The van der Waals surface area contributed by atoms with Crippen LogP contribution in [0.4, 0.5) is 11.4 Å². The Kier molecular flexibility index (Phi) is 4.59. The predicted octanol–water partition coefficient (Wildman–Crippen LogP) is 4.68. The van der Waals surface area contributed by atoms with Crippen molar-refractivity contribution in [1.29, 1.82) is 0 Å². The van der Waals surface area contributed by atoms with Gasteiger partial charge in [0.2, 0.25) is 0 Å². The number of nitrogens with one attached hydrogen (secondary N) is 1. The maximum atomic E-state index is 10.7. The topological polar surface area (TPSA) is 55.2 Å². The molecule has 5 heteroatoms. The number of nitrogens with zero attached hydrogens (tertiary/aromatic N) is 1. The highest BCUT2D eigenvalue weighted by atomic mass is 127. The summed E-state index contributed by atoms with van der Waals surface area (Å²) in [6.45, 7) is 4.16. The normalized spacial score (nSPS) is 11.9. The molecule has 2 aromatic rings. The average molecular weight is 382 g/mol. The van der Waals surface area contributed by atoms with Crippen LogP contribution in [0.5, 0.6) is 0 Å². The van der Waals surface area contributed by atoms with Gasteiger partial charge in [-0.2, -0.15) is 0 Å². The third-order valence-electron chi connectivity index (χ3n) is 3.19. The number of non-ortho nitro benzene ring substituents is 1. The van der Waals surface area contributed by atoms with Crippen LogP contribution >= 0.6 is 22.6 Å². The van der Waals surface area contributed by atoms with Crippen LogP contribution in [-0.2, 0) is 0 Å². The highest BCUT2D eigenvalue weighted by molar-refractivity contribution is 14.1. The van der Waals surface area contributed by atoms with Gasteiger partial charge in [0.1, 0.15) is 0 Å². The van der Waals surface area contributed by atoms with Crippen molar-refractivity contribution in [1.82, 2.24) is 0 Å². The van der Waals surface area contributed by atoms with E-state index in [1.807, 2.05) is 12.1 Å². The second kappa shape index (κ2) is 6.21. The van der Waals surface area contributed by atoms with Crippen molar-refractivity contribution >= 4 is 34.0 Å². The van der Waals surface area contributed by atoms with Gasteiger partial charge in [-0.15, -0.1) is 0 Å². The van der Waals surface area contributed by atoms with Gasteiger partial charge < -0.3 is 5.32 Å². The monoisotopic (exact) mass is 382 g/mol. The van der Waals surface area contributed by atoms with E-state index in [1.54, 1.807) is 12.1 Å². The Balaban J connectivity index is 2.22. The first kappa shape index (κ1) is 14.8. The molecule has 1 unspecified atom stereocenters. The van der Waals surface area contributed by atoms with E-state index < -0.39 is 0 Å². The zero-order valence-electron chi connectivity index (χ0n) is 11.3. The Morgan fingerprint density at radius 1 is 1.25 bits per heavy atom. The number of benzene rings is 2. The average Bonchev–Trinajstić information content (AvgIpc) is 2.41. The molecule has 1 N–H and O–H groups in total. The number of nitro groups is 1. The first-order chi connectivity index (χ1) is 9.49. The van der Waals surface area contributed by atoms with Crippen molar-refractivity contribution in [3.05, 3.63) is 67.3 Å². The number of rotatable bonds is 4. The van der Waals surface area contributed by atoms with Crippen LogP contribution in [-0.4, -0.2) is 4.92 Å². The second-order valence-electron chi connectivity index (χ2n) is 4.64. The summed E-state index contributed by atoms with van der Waals surface area (Å²) in [6, 6.07) is 13.2. The van der Waals surface area contributed by atoms with Crippen LogP contribution in [0.1, 0.15) is 24.1 Å². The number of hydrogen-bond acceptors (Lipinski definition) is 3. The molecule has 0 aromatic heterocycles. The molecule has 4 nitrogen and oxygen atoms in total. The standard InChI is InChI=1S/C15H15IN2O2/c1-10-5-3-4-6-13(10)11(2)17-15-8-7-12(18(19)20)9-14(15)16/h3-9,11,17H,1-2H3. The van der Waals surface area contributed by atoms with Gasteiger partial charge in [-0.3, -0.25) is 10.1 Å². The molecule has 0 amide bonds. The lowest BCUT2D eigenvalue weighted by molar-refractivity contribution is -0.384. The summed E-state index contributed by atoms with van der Waals surface area (Å²) in [7, 11) is 0. The predicted molar refractivity (Wildman–Crippen MR) is 89.0 cm³/mol. The van der Waals surface area contributed by atoms with Gasteiger partial charge in [-0.1, -0.05) is 24.3 Å². The number of hydrogen-bond donors (Lipinski definition) is 1. The molecule has 0 saturated carbocycles. The molecule has 2 rings (SSSR count). The van der Waals surface area contributed by atoms with E-state index in [-0.39, 0.29) is 16.7 Å². The summed E-state index contributed by atoms with van der Waals surface area (Å²) < 4.78 is 0.845. The summed E-state index contributed by atoms with van der Waals surface area (Å²) in [6.07, 6.45) is 0. The van der Waals surface area contributed by atoms with Crippen LogP contribution in [0.25, 0.3) is 0 Å². The molecule has 0 aliphatic heterocycles. The lowest BCUT2D eigenvalue weighted by Crippen LogP contribution is -2.09. The molecule has 0 bridgehead atoms. The van der Waals surface area contributed by atoms with Crippen LogP contribution in [0.3, 0.4) is 0 Å². The van der Waals surface area contributed by atoms with Gasteiger partial charge in [-0.05, 0) is 53.6 Å². The third kappa shape index (κ3) is 3.27. The molecular formula is C15H15IN2O2. The van der Waals surface area contributed by atoms with E-state index in [4.69, 9.17) is 0 Å². The van der Waals surface area contributed by atoms with Crippen molar-refractivity contribution in [2.45, 2.75) is 19.9 Å². The van der Waals surface area contributed by atoms with Crippen molar-refractivity contribution in [3.8, 4) is 0 Å². The van der Waals surface area contributed by atoms with E-state index in [0.29, 0.717) is 0 Å². The first-order valence-electron chi connectivity index (χ1n) is 6.25. The fourth-order valence-corrected chi connectivity index (χ4v) is 2.77. The highest BCUT2D eigenvalue weighted by Crippen LogP contribution is 2.28. The first-order valence-corrected chi connectivity index (χ1v) is 7.33. The fourth-order valence-electron chi connectivity index (χ4n) is 2.12. The van der Waals surface area contributed by atoms with E-state index in [0.717, 1.165) is 9.26 Å². The molecule has 0 spiro atoms. The SMILES string of the molecule is Cc1ccccc1C(C)Nc1ccc([N+](=O)[O-])cc1I. The van der Waals surface area contributed by atoms with E-state index in [1.165, 1.54) is 17.2 Å². The van der Waals surface area contributed by atoms with Crippen LogP contribution < -0.4 is 5.32 Å². The molecule has 2 aromatic carbocycles. The molecule has 1 atom stereocenters. The maximum absolute atomic E-state index is 10.7. The Hall–Kier alpha value is -1.63. The highest BCUT2D eigenvalue weighted by Gasteiger charge is 2.12. The van der Waals surface area contributed by atoms with Gasteiger partial charge in [-0.25, -0.2) is 0 Å². The Bertz CT molecular complexity index is 644. The van der Waals surface area contributed by atoms with Gasteiger partial charge in [0.15, 0.2) is 0 Å². The fraction of sp³-hybridized carbons (Fsp3) is 0.200. The smallest absolute Gasteiger partial charge is 0.270 e. The minimum Gasteiger partial charge on any atom is -0.378 e. The summed E-state index contributed by atoms with van der Waals surface area (Å²) in [5, 5.41) is 14.1. The zero-order chi connectivity index (χ0) is 14.7. The molecule has 0 saturated heterocycles. The largest absolute Gasteiger partial charge is 0.378 e. The Labute approximate surface area is 131 Å². The number of aryl methyl sites for hydroxylation is 1. The number of nitro benzene ring substituents is 1. The summed E-state index contributed by atoms with van der Waals surface area (Å²) in [5.74, 6) is 0. The Morgan fingerprint density at radius 2 is 1.95 bits per heavy atom. The summed E-state index contributed by atoms with van der Waals surface area (Å²) in [4.78, 5) is 10.4. The van der Waals surface area contributed by atoms with Crippen molar-refractivity contribution in [3.63, 3.8) is 0 Å². The van der Waals surface area contributed by atoms with Gasteiger partial charge >= 0.3 is 0 Å². The van der Waals surface area contributed by atoms with Crippen molar-refractivity contribution in [2.75, 3.05) is 5.32 Å². The third-order valence-corrected chi connectivity index (χ3v) is 4.08. The molecule has 20 heavy (non-hydrogen) atoms. The van der Waals surface area contributed by atoms with E-state index in [9.17, 15) is 10.1 Å². The molecule has 104 valence electrons. The maximum Gasteiger partial charge on any atom is 0.270 e. The summed E-state index contributed by atoms with van der Waals surface area (Å²) >= 11 is 2.11.